The third-order valence-corrected chi connectivity index (χ3v) is 9.33. The van der Waals surface area contributed by atoms with Crippen molar-refractivity contribution in [3.63, 3.8) is 0 Å². The standard InChI is InChI=1S/C41H62N6O13/c1-24(2)21-29(37(57)43-19-11-7-8-12-20-48)45-39(59)35(41(4,5)6)47(31(49)16-18-33(52)53)40(60)30(22-26-14-10-9-13-25(26)3)46-38(58)28(15-17-32(50)51)44-36(56)27(42)23-34(54)55/h9-10,13-14,20,24,27-30,35H,7-8,11-12,15-19,21-23,42H2,1-6H3,(H,43,57)(H,44,56)(H,45,59)(H,46,58)(H,50,51)(H,52,53)(H,54,55)/t27-,28-,29-,30-,35+/m0/s1. The van der Waals surface area contributed by atoms with Crippen LogP contribution in [-0.2, 0) is 54.4 Å². The number of benzene rings is 1. The number of carboxylic acids is 3. The van der Waals surface area contributed by atoms with Crippen LogP contribution >= 0.6 is 0 Å². The highest BCUT2D eigenvalue weighted by Gasteiger charge is 2.46. The van der Waals surface area contributed by atoms with Crippen molar-refractivity contribution < 1.29 is 63.3 Å². The van der Waals surface area contributed by atoms with Gasteiger partial charge in [-0.25, -0.2) is 0 Å². The maximum absolute atomic E-state index is 15.0. The summed E-state index contributed by atoms with van der Waals surface area (Å²) < 4.78 is 0. The van der Waals surface area contributed by atoms with Crippen molar-refractivity contribution in [1.29, 1.82) is 0 Å². The average molecular weight is 847 g/mol. The van der Waals surface area contributed by atoms with Gasteiger partial charge in [0.1, 0.15) is 30.5 Å². The van der Waals surface area contributed by atoms with E-state index in [4.69, 9.17) is 10.8 Å². The fourth-order valence-electron chi connectivity index (χ4n) is 6.24. The number of amides is 6. The molecule has 0 unspecified atom stereocenters. The highest BCUT2D eigenvalue weighted by molar-refractivity contribution is 6.05. The molecule has 334 valence electrons. The molecule has 0 radical (unpaired) electrons. The van der Waals surface area contributed by atoms with Crippen LogP contribution in [0.1, 0.15) is 110 Å². The molecule has 5 atom stereocenters. The Morgan fingerprint density at radius 2 is 1.35 bits per heavy atom. The van der Waals surface area contributed by atoms with E-state index in [0.29, 0.717) is 41.7 Å². The molecular weight excluding hydrogens is 784 g/mol. The number of carbonyl (C=O) groups is 10. The topological polar surface area (TPSA) is 309 Å². The summed E-state index contributed by atoms with van der Waals surface area (Å²) >= 11 is 0. The maximum Gasteiger partial charge on any atom is 0.305 e. The van der Waals surface area contributed by atoms with Gasteiger partial charge in [0.15, 0.2) is 0 Å². The third kappa shape index (κ3) is 18.9. The zero-order valence-electron chi connectivity index (χ0n) is 35.3. The number of hydrogen-bond donors (Lipinski definition) is 8. The molecule has 0 heterocycles. The van der Waals surface area contributed by atoms with Crippen molar-refractivity contribution >= 4 is 59.6 Å². The zero-order valence-corrected chi connectivity index (χ0v) is 35.3. The minimum atomic E-state index is -1.70. The lowest BCUT2D eigenvalue weighted by atomic mass is 9.83. The number of unbranched alkanes of at least 4 members (excludes halogenated alkanes) is 3. The van der Waals surface area contributed by atoms with E-state index in [-0.39, 0.29) is 25.3 Å². The molecule has 0 aliphatic heterocycles. The molecule has 0 saturated heterocycles. The van der Waals surface area contributed by atoms with E-state index < -0.39 is 121 Å². The lowest BCUT2D eigenvalue weighted by Gasteiger charge is -2.40. The van der Waals surface area contributed by atoms with E-state index in [0.717, 1.165) is 6.29 Å². The van der Waals surface area contributed by atoms with Crippen molar-refractivity contribution in [2.75, 3.05) is 6.54 Å². The van der Waals surface area contributed by atoms with Crippen LogP contribution in [0, 0.1) is 18.3 Å². The monoisotopic (exact) mass is 846 g/mol. The summed E-state index contributed by atoms with van der Waals surface area (Å²) in [7, 11) is 0. The first-order valence-electron chi connectivity index (χ1n) is 19.9. The number of imide groups is 1. The van der Waals surface area contributed by atoms with Crippen molar-refractivity contribution in [2.45, 2.75) is 142 Å². The first-order valence-corrected chi connectivity index (χ1v) is 19.9. The Hall–Kier alpha value is -5.72. The number of nitrogens with one attached hydrogen (secondary N) is 4. The predicted molar refractivity (Wildman–Crippen MR) is 217 cm³/mol. The molecule has 0 aromatic heterocycles. The molecule has 0 spiro atoms. The molecule has 60 heavy (non-hydrogen) atoms. The van der Waals surface area contributed by atoms with Crippen LogP contribution < -0.4 is 27.0 Å². The number of aryl methyl sites for hydroxylation is 1. The van der Waals surface area contributed by atoms with E-state index in [9.17, 15) is 58.2 Å². The largest absolute Gasteiger partial charge is 0.481 e. The molecule has 0 bridgehead atoms. The van der Waals surface area contributed by atoms with E-state index >= 15 is 0 Å². The van der Waals surface area contributed by atoms with Gasteiger partial charge in [0.25, 0.3) is 5.91 Å². The Morgan fingerprint density at radius 1 is 0.750 bits per heavy atom. The highest BCUT2D eigenvalue weighted by atomic mass is 16.4. The molecule has 19 heteroatoms. The number of aldehydes is 1. The van der Waals surface area contributed by atoms with Crippen LogP contribution in [0.3, 0.4) is 0 Å². The summed E-state index contributed by atoms with van der Waals surface area (Å²) in [5.74, 6) is -10.2. The fraction of sp³-hybridized carbons (Fsp3) is 0.610. The van der Waals surface area contributed by atoms with Crippen LogP contribution in [0.25, 0.3) is 0 Å². The summed E-state index contributed by atoms with van der Waals surface area (Å²) in [6, 6.07) is -1.10. The Bertz CT molecular complexity index is 1690. The zero-order chi connectivity index (χ0) is 45.7. The van der Waals surface area contributed by atoms with Gasteiger partial charge in [0.2, 0.25) is 29.5 Å². The van der Waals surface area contributed by atoms with Crippen LogP contribution in [0.2, 0.25) is 0 Å². The molecule has 1 rings (SSSR count). The summed E-state index contributed by atoms with van der Waals surface area (Å²) in [6.07, 6.45) is -0.551. The SMILES string of the molecule is Cc1ccccc1C[C@H](NC(=O)[C@H](CCC(=O)O)NC(=O)[C@@H](N)CC(=O)O)C(=O)N(C(=O)CCC(=O)O)[C@H](C(=O)N[C@@H](CC(C)C)C(=O)NCCCCCC=O)C(C)(C)C. The van der Waals surface area contributed by atoms with Crippen LogP contribution in [0.5, 0.6) is 0 Å². The van der Waals surface area contributed by atoms with Crippen molar-refractivity contribution in [2.24, 2.45) is 17.1 Å². The molecule has 0 saturated carbocycles. The molecule has 6 amide bonds. The second-order valence-corrected chi connectivity index (χ2v) is 16.2. The first-order chi connectivity index (χ1) is 28.0. The smallest absolute Gasteiger partial charge is 0.305 e. The summed E-state index contributed by atoms with van der Waals surface area (Å²) in [5, 5.41) is 38.2. The Kier molecular flexibility index (Phi) is 22.4. The van der Waals surface area contributed by atoms with E-state index in [1.807, 2.05) is 13.8 Å². The average Bonchev–Trinajstić information content (AvgIpc) is 3.14. The second kappa shape index (κ2) is 25.7. The third-order valence-electron chi connectivity index (χ3n) is 9.33. The van der Waals surface area contributed by atoms with Crippen LogP contribution in [0.4, 0.5) is 0 Å². The second-order valence-electron chi connectivity index (χ2n) is 16.2. The van der Waals surface area contributed by atoms with Gasteiger partial charge in [-0.2, -0.15) is 0 Å². The molecule has 0 aliphatic carbocycles. The Labute approximate surface area is 350 Å². The first kappa shape index (κ1) is 52.3. The van der Waals surface area contributed by atoms with E-state index in [1.54, 1.807) is 52.0 Å². The molecule has 1 aromatic carbocycles. The number of hydrogen-bond acceptors (Lipinski definition) is 11. The summed E-state index contributed by atoms with van der Waals surface area (Å²) in [4.78, 5) is 129. The lowest BCUT2D eigenvalue weighted by Crippen LogP contribution is -2.64. The highest BCUT2D eigenvalue weighted by Crippen LogP contribution is 2.28. The normalized spacial score (nSPS) is 13.7. The molecular formula is C41H62N6O13. The lowest BCUT2D eigenvalue weighted by molar-refractivity contribution is -0.159. The van der Waals surface area contributed by atoms with Gasteiger partial charge in [-0.05, 0) is 55.1 Å². The Balaban J connectivity index is 3.84. The summed E-state index contributed by atoms with van der Waals surface area (Å²) in [5.41, 5.74) is 5.57. The summed E-state index contributed by atoms with van der Waals surface area (Å²) in [6.45, 7) is 10.3. The molecule has 1 aromatic rings. The van der Waals surface area contributed by atoms with Crippen LogP contribution in [0.15, 0.2) is 24.3 Å². The van der Waals surface area contributed by atoms with Crippen molar-refractivity contribution in [3.05, 3.63) is 35.4 Å². The molecule has 19 nitrogen and oxygen atoms in total. The molecule has 9 N–H and O–H groups in total. The van der Waals surface area contributed by atoms with Gasteiger partial charge in [-0.3, -0.25) is 48.1 Å². The number of rotatable bonds is 27. The number of carboxylic acid groups (broad SMARTS) is 3. The minimum absolute atomic E-state index is 0.112. The van der Waals surface area contributed by atoms with Crippen LogP contribution in [-0.4, -0.2) is 117 Å². The number of carbonyl (C=O) groups excluding carboxylic acids is 7. The van der Waals surface area contributed by atoms with Gasteiger partial charge >= 0.3 is 17.9 Å². The maximum atomic E-state index is 15.0. The quantitative estimate of drug-likeness (QED) is 0.0456. The van der Waals surface area contributed by atoms with Gasteiger partial charge in [0.05, 0.1) is 18.9 Å². The number of nitrogens with two attached hydrogens (primary N) is 1. The van der Waals surface area contributed by atoms with E-state index in [1.165, 1.54) is 0 Å². The predicted octanol–water partition coefficient (Wildman–Crippen LogP) is 1.22. The van der Waals surface area contributed by atoms with Crippen molar-refractivity contribution in [1.82, 2.24) is 26.2 Å². The molecule has 0 aliphatic rings. The van der Waals surface area contributed by atoms with Gasteiger partial charge in [0, 0.05) is 32.2 Å². The molecule has 0 fully saturated rings. The number of aliphatic carboxylic acids is 3. The van der Waals surface area contributed by atoms with Crippen molar-refractivity contribution in [3.8, 4) is 0 Å². The minimum Gasteiger partial charge on any atom is -0.481 e. The van der Waals surface area contributed by atoms with Gasteiger partial charge < -0.3 is 47.1 Å². The Morgan fingerprint density at radius 3 is 1.90 bits per heavy atom. The fourth-order valence-corrected chi connectivity index (χ4v) is 6.24. The van der Waals surface area contributed by atoms with E-state index in [2.05, 4.69) is 21.3 Å². The van der Waals surface area contributed by atoms with Gasteiger partial charge in [-0.15, -0.1) is 0 Å². The number of nitrogens with zero attached hydrogens (tertiary/aromatic N) is 1. The van der Waals surface area contributed by atoms with Gasteiger partial charge in [-0.1, -0.05) is 65.3 Å².